The molecule has 276 valence electrons. The number of carbonyl (C=O) groups excluding carboxylic acids is 6. The first-order valence-electron chi connectivity index (χ1n) is 16.3. The van der Waals surface area contributed by atoms with E-state index in [2.05, 4.69) is 21.7 Å². The van der Waals surface area contributed by atoms with Crippen LogP contribution in [0.4, 0.5) is 0 Å². The normalized spacial score (nSPS) is 15.5. The van der Waals surface area contributed by atoms with Gasteiger partial charge in [-0.1, -0.05) is 85.1 Å². The third-order valence-corrected chi connectivity index (χ3v) is 10.8. The highest BCUT2D eigenvalue weighted by Gasteiger charge is 2.41. The fourth-order valence-corrected chi connectivity index (χ4v) is 7.87. The van der Waals surface area contributed by atoms with E-state index in [0.29, 0.717) is 82.9 Å². The molecule has 2 aromatic carbocycles. The number of hydrogen-bond acceptors (Lipinski definition) is 12. The molecule has 0 aliphatic carbocycles. The number of thioether (sulfide) groups is 2. The maximum atomic E-state index is 13.3. The minimum Gasteiger partial charge on any atom is -0.496 e. The molecule has 0 bridgehead atoms. The third-order valence-electron chi connectivity index (χ3n) is 7.81. The number of hydrogen-bond donors (Lipinski definition) is 4. The number of para-hydroxylation sites is 2. The van der Waals surface area contributed by atoms with E-state index in [1.54, 1.807) is 48.5 Å². The Bertz CT molecular complexity index is 1640. The Morgan fingerprint density at radius 2 is 0.981 bits per heavy atom. The molecule has 14 nitrogen and oxygen atoms in total. The van der Waals surface area contributed by atoms with Gasteiger partial charge in [0.15, 0.2) is 0 Å². The second kappa shape index (κ2) is 19.9. The smallest absolute Gasteiger partial charge is 0.273 e. The second-order valence-corrected chi connectivity index (χ2v) is 14.6. The molecule has 6 amide bonds. The Kier molecular flexibility index (Phi) is 15.4. The summed E-state index contributed by atoms with van der Waals surface area (Å²) in [5, 5.41) is 0. The van der Waals surface area contributed by atoms with E-state index >= 15 is 0 Å². The number of nitrogens with one attached hydrogen (secondary N) is 4. The number of ether oxygens (including phenoxy) is 2. The van der Waals surface area contributed by atoms with E-state index in [1.807, 2.05) is 0 Å². The number of amides is 6. The molecular formula is C34H38N6O8S4. The molecule has 2 heterocycles. The van der Waals surface area contributed by atoms with Crippen LogP contribution in [-0.4, -0.2) is 81.2 Å². The Morgan fingerprint density at radius 1 is 0.596 bits per heavy atom. The van der Waals surface area contributed by atoms with E-state index in [0.717, 1.165) is 23.5 Å². The minimum atomic E-state index is -0.496. The van der Waals surface area contributed by atoms with Crippen LogP contribution in [-0.2, 0) is 19.2 Å². The van der Waals surface area contributed by atoms with Crippen LogP contribution >= 0.6 is 48.0 Å². The van der Waals surface area contributed by atoms with Crippen molar-refractivity contribution in [2.45, 2.75) is 51.4 Å². The lowest BCUT2D eigenvalue weighted by Crippen LogP contribution is -2.41. The molecule has 2 saturated heterocycles. The zero-order valence-electron chi connectivity index (χ0n) is 28.5. The van der Waals surface area contributed by atoms with Crippen LogP contribution in [0.2, 0.25) is 0 Å². The number of carbonyl (C=O) groups is 6. The average Bonchev–Trinajstić information content (AvgIpc) is 3.60. The monoisotopic (exact) mass is 786 g/mol. The first-order chi connectivity index (χ1) is 25.0. The third kappa shape index (κ3) is 10.8. The molecule has 4 N–H and O–H groups in total. The molecule has 2 aliphatic heterocycles. The number of hydrazine groups is 2. The van der Waals surface area contributed by atoms with Gasteiger partial charge in [0.1, 0.15) is 20.1 Å². The van der Waals surface area contributed by atoms with Crippen LogP contribution in [0.25, 0.3) is 0 Å². The summed E-state index contributed by atoms with van der Waals surface area (Å²) in [6.07, 6.45) is 3.79. The largest absolute Gasteiger partial charge is 0.496 e. The van der Waals surface area contributed by atoms with Crippen molar-refractivity contribution in [2.75, 3.05) is 27.3 Å². The van der Waals surface area contributed by atoms with Gasteiger partial charge in [0, 0.05) is 25.9 Å². The lowest BCUT2D eigenvalue weighted by atomic mass is 10.2. The SMILES string of the molecule is COc1ccccc1C(=O)NNC(=O)CCCCCN1C(=O)/C(=C2\SC(=S)N(CCCCCC(=O)NNC(=O)c3ccccc3OC)C2=O)SC1=S. The number of nitrogens with zero attached hydrogens (tertiary/aromatic N) is 2. The van der Waals surface area contributed by atoms with Crippen molar-refractivity contribution in [3.05, 3.63) is 69.5 Å². The second-order valence-electron chi connectivity index (χ2n) is 11.3. The summed E-state index contributed by atoms with van der Waals surface area (Å²) in [4.78, 5) is 79.1. The summed E-state index contributed by atoms with van der Waals surface area (Å²) in [6.45, 7) is 0.663. The summed E-state index contributed by atoms with van der Waals surface area (Å²) in [5.74, 6) is -1.63. The minimum absolute atomic E-state index is 0.170. The first kappa shape index (κ1) is 40.3. The topological polar surface area (TPSA) is 175 Å². The number of thiocarbonyl (C=S) groups is 2. The predicted molar refractivity (Wildman–Crippen MR) is 205 cm³/mol. The molecule has 2 aromatic rings. The summed E-state index contributed by atoms with van der Waals surface area (Å²) in [7, 11) is 2.91. The molecule has 0 aromatic heterocycles. The Morgan fingerprint density at radius 3 is 1.37 bits per heavy atom. The summed E-state index contributed by atoms with van der Waals surface area (Å²) in [6, 6.07) is 13.3. The highest BCUT2D eigenvalue weighted by Crippen LogP contribution is 2.42. The molecule has 2 aliphatic rings. The van der Waals surface area contributed by atoms with E-state index < -0.39 is 11.8 Å². The van der Waals surface area contributed by atoms with Crippen molar-refractivity contribution >= 4 is 92.0 Å². The van der Waals surface area contributed by atoms with Crippen LogP contribution < -0.4 is 31.2 Å². The maximum absolute atomic E-state index is 13.3. The van der Waals surface area contributed by atoms with Crippen molar-refractivity contribution in [2.24, 2.45) is 0 Å². The molecule has 4 rings (SSSR count). The Hall–Kier alpha value is -4.52. The van der Waals surface area contributed by atoms with Crippen molar-refractivity contribution in [3.63, 3.8) is 0 Å². The highest BCUT2D eigenvalue weighted by molar-refractivity contribution is 8.29. The lowest BCUT2D eigenvalue weighted by Gasteiger charge is -2.15. The average molecular weight is 787 g/mol. The fourth-order valence-electron chi connectivity index (χ4n) is 5.10. The van der Waals surface area contributed by atoms with E-state index in [-0.39, 0.29) is 46.3 Å². The van der Waals surface area contributed by atoms with Crippen LogP contribution in [0.1, 0.15) is 72.1 Å². The summed E-state index contributed by atoms with van der Waals surface area (Å²) >= 11 is 13.0. The Balaban J connectivity index is 1.13. The highest BCUT2D eigenvalue weighted by atomic mass is 32.2. The molecule has 0 saturated carbocycles. The van der Waals surface area contributed by atoms with Gasteiger partial charge in [-0.25, -0.2) is 0 Å². The lowest BCUT2D eigenvalue weighted by molar-refractivity contribution is -0.124. The van der Waals surface area contributed by atoms with Crippen molar-refractivity contribution < 1.29 is 38.2 Å². The van der Waals surface area contributed by atoms with Crippen molar-refractivity contribution in [1.82, 2.24) is 31.5 Å². The van der Waals surface area contributed by atoms with E-state index in [1.165, 1.54) is 24.0 Å². The number of methoxy groups -OCH3 is 2. The van der Waals surface area contributed by atoms with Crippen LogP contribution in [0, 0.1) is 0 Å². The van der Waals surface area contributed by atoms with Crippen LogP contribution in [0.5, 0.6) is 11.5 Å². The van der Waals surface area contributed by atoms with Gasteiger partial charge in [0.05, 0.1) is 35.2 Å². The molecule has 52 heavy (non-hydrogen) atoms. The van der Waals surface area contributed by atoms with Gasteiger partial charge in [-0.15, -0.1) is 0 Å². The molecule has 0 atom stereocenters. The van der Waals surface area contributed by atoms with Gasteiger partial charge in [-0.2, -0.15) is 0 Å². The molecule has 0 unspecified atom stereocenters. The quantitative estimate of drug-likeness (QED) is 0.0836. The number of benzene rings is 2. The zero-order valence-corrected chi connectivity index (χ0v) is 31.7. The number of unbranched alkanes of at least 4 members (excludes halogenated alkanes) is 4. The Labute approximate surface area is 320 Å². The van der Waals surface area contributed by atoms with Crippen molar-refractivity contribution in [1.29, 1.82) is 0 Å². The van der Waals surface area contributed by atoms with Gasteiger partial charge in [-0.3, -0.25) is 60.3 Å². The van der Waals surface area contributed by atoms with Crippen LogP contribution in [0.3, 0.4) is 0 Å². The van der Waals surface area contributed by atoms with E-state index in [9.17, 15) is 28.8 Å². The van der Waals surface area contributed by atoms with Gasteiger partial charge >= 0.3 is 0 Å². The first-order valence-corrected chi connectivity index (χ1v) is 18.8. The predicted octanol–water partition coefficient (Wildman–Crippen LogP) is 3.98. The molecule has 0 spiro atoms. The summed E-state index contributed by atoms with van der Waals surface area (Å²) in [5.41, 5.74) is 10.1. The van der Waals surface area contributed by atoms with E-state index in [4.69, 9.17) is 33.9 Å². The van der Waals surface area contributed by atoms with Gasteiger partial charge < -0.3 is 9.47 Å². The van der Waals surface area contributed by atoms with Gasteiger partial charge in [0.25, 0.3) is 23.6 Å². The van der Waals surface area contributed by atoms with Crippen LogP contribution in [0.15, 0.2) is 58.3 Å². The summed E-state index contributed by atoms with van der Waals surface area (Å²) < 4.78 is 11.0. The van der Waals surface area contributed by atoms with Gasteiger partial charge in [-0.05, 0) is 49.9 Å². The fraction of sp³-hybridized carbons (Fsp3) is 0.353. The molecule has 0 radical (unpaired) electrons. The standard InChI is InChI=1S/C34H38N6O8S4/c1-47-23-15-9-7-13-21(23)29(43)37-35-25(41)17-5-3-11-19-39-31(45)27(51-33(39)49)28-32(46)40(34(50)52-28)20-12-4-6-18-26(42)36-38-30(44)22-14-8-10-16-24(22)48-2/h7-10,13-16H,3-6,11-12,17-20H2,1-2H3,(H,35,41)(H,36,42)(H,37,43)(H,38,44)/b28-27+. The molecule has 2 fully saturated rings. The van der Waals surface area contributed by atoms with Gasteiger partial charge in [0.2, 0.25) is 11.8 Å². The maximum Gasteiger partial charge on any atom is 0.273 e. The molecular weight excluding hydrogens is 749 g/mol. The number of rotatable bonds is 16. The molecule has 18 heteroatoms. The zero-order chi connectivity index (χ0) is 37.6. The van der Waals surface area contributed by atoms with Crippen molar-refractivity contribution in [3.8, 4) is 11.5 Å².